The summed E-state index contributed by atoms with van der Waals surface area (Å²) < 4.78 is 11.1. The number of hydrogen-bond donors (Lipinski definition) is 1. The van der Waals surface area contributed by atoms with E-state index >= 15 is 0 Å². The van der Waals surface area contributed by atoms with Crippen LogP contribution in [0, 0.1) is 5.41 Å². The number of nitrogens with one attached hydrogen (secondary N) is 1. The highest BCUT2D eigenvalue weighted by molar-refractivity contribution is 5.08. The molecule has 0 heterocycles. The van der Waals surface area contributed by atoms with Gasteiger partial charge in [0.05, 0.1) is 6.10 Å². The molecule has 19 heavy (non-hydrogen) atoms. The highest BCUT2D eigenvalue weighted by Gasteiger charge is 2.55. The quantitative estimate of drug-likeness (QED) is 0.687. The zero-order chi connectivity index (χ0) is 13.6. The summed E-state index contributed by atoms with van der Waals surface area (Å²) >= 11 is 0. The first-order valence-corrected chi connectivity index (χ1v) is 8.17. The van der Waals surface area contributed by atoms with E-state index in [-0.39, 0.29) is 0 Å². The van der Waals surface area contributed by atoms with Crippen LogP contribution in [-0.4, -0.2) is 39.0 Å². The smallest absolute Gasteiger partial charge is 0.0661 e. The number of hydrogen-bond acceptors (Lipinski definition) is 3. The van der Waals surface area contributed by atoms with E-state index in [4.69, 9.17) is 9.47 Å². The molecular weight excluding hydrogens is 238 g/mol. The molecular formula is C16H31NO2. The molecule has 2 aliphatic rings. The van der Waals surface area contributed by atoms with Crippen LogP contribution in [0.5, 0.6) is 0 Å². The van der Waals surface area contributed by atoms with Gasteiger partial charge in [-0.2, -0.15) is 0 Å². The number of ether oxygens (including phenoxy) is 2. The summed E-state index contributed by atoms with van der Waals surface area (Å²) in [6, 6.07) is 0.701. The van der Waals surface area contributed by atoms with Gasteiger partial charge in [-0.3, -0.25) is 0 Å². The van der Waals surface area contributed by atoms with Crippen LogP contribution in [0.15, 0.2) is 0 Å². The van der Waals surface area contributed by atoms with E-state index in [0.717, 1.165) is 26.2 Å². The maximum atomic E-state index is 5.99. The molecule has 2 saturated carbocycles. The molecule has 1 spiro atoms. The first kappa shape index (κ1) is 15.3. The van der Waals surface area contributed by atoms with Crippen molar-refractivity contribution in [2.24, 2.45) is 5.41 Å². The number of rotatable bonds is 8. The Kier molecular flexibility index (Phi) is 6.11. The van der Waals surface area contributed by atoms with E-state index in [1.165, 1.54) is 44.9 Å². The Hall–Kier alpha value is -0.120. The standard InChI is InChI=1S/C16H31NO2/c1-3-19-15-13-14(17-11-7-8-12-18-2)16(15)9-5-4-6-10-16/h14-15,17H,3-13H2,1-2H3. The molecule has 2 fully saturated rings. The van der Waals surface area contributed by atoms with Crippen LogP contribution in [-0.2, 0) is 9.47 Å². The molecule has 0 saturated heterocycles. The second-order valence-corrected chi connectivity index (χ2v) is 6.18. The molecule has 3 nitrogen and oxygen atoms in total. The molecule has 0 radical (unpaired) electrons. The molecule has 2 rings (SSSR count). The van der Waals surface area contributed by atoms with Gasteiger partial charge in [-0.05, 0) is 45.6 Å². The second-order valence-electron chi connectivity index (χ2n) is 6.18. The van der Waals surface area contributed by atoms with Crippen LogP contribution in [0.2, 0.25) is 0 Å². The van der Waals surface area contributed by atoms with Gasteiger partial charge < -0.3 is 14.8 Å². The average Bonchev–Trinajstić information content (AvgIpc) is 2.46. The van der Waals surface area contributed by atoms with Gasteiger partial charge in [0, 0.05) is 31.8 Å². The van der Waals surface area contributed by atoms with Crippen molar-refractivity contribution in [2.75, 3.05) is 26.9 Å². The summed E-state index contributed by atoms with van der Waals surface area (Å²) in [4.78, 5) is 0. The SMILES string of the molecule is CCOC1CC(NCCCCOC)C12CCCCC2. The summed E-state index contributed by atoms with van der Waals surface area (Å²) in [6.07, 6.45) is 11.1. The maximum Gasteiger partial charge on any atom is 0.0661 e. The lowest BCUT2D eigenvalue weighted by molar-refractivity contribution is -0.149. The monoisotopic (exact) mass is 269 g/mol. The minimum absolute atomic E-state index is 0.468. The summed E-state index contributed by atoms with van der Waals surface area (Å²) in [5.41, 5.74) is 0.468. The molecule has 0 aromatic heterocycles. The van der Waals surface area contributed by atoms with E-state index in [2.05, 4.69) is 12.2 Å². The molecule has 1 N–H and O–H groups in total. The molecule has 0 aliphatic heterocycles. The van der Waals surface area contributed by atoms with E-state index in [1.807, 2.05) is 0 Å². The summed E-state index contributed by atoms with van der Waals surface area (Å²) in [6.45, 7) is 5.02. The normalized spacial score (nSPS) is 29.4. The van der Waals surface area contributed by atoms with Crippen molar-refractivity contribution < 1.29 is 9.47 Å². The molecule has 0 aromatic rings. The van der Waals surface area contributed by atoms with E-state index < -0.39 is 0 Å². The van der Waals surface area contributed by atoms with Gasteiger partial charge in [-0.1, -0.05) is 19.3 Å². The summed E-state index contributed by atoms with van der Waals surface area (Å²) in [5.74, 6) is 0. The fourth-order valence-electron chi connectivity index (χ4n) is 4.00. The molecule has 0 bridgehead atoms. The van der Waals surface area contributed by atoms with Crippen molar-refractivity contribution in [3.05, 3.63) is 0 Å². The van der Waals surface area contributed by atoms with Crippen LogP contribution < -0.4 is 5.32 Å². The fraction of sp³-hybridized carbons (Fsp3) is 1.00. The van der Waals surface area contributed by atoms with Crippen LogP contribution >= 0.6 is 0 Å². The molecule has 0 amide bonds. The lowest BCUT2D eigenvalue weighted by Crippen LogP contribution is -2.64. The molecule has 2 unspecified atom stereocenters. The molecule has 0 aromatic carbocycles. The highest BCUT2D eigenvalue weighted by atomic mass is 16.5. The highest BCUT2D eigenvalue weighted by Crippen LogP contribution is 2.53. The predicted molar refractivity (Wildman–Crippen MR) is 78.4 cm³/mol. The summed E-state index contributed by atoms with van der Waals surface area (Å²) in [5, 5.41) is 3.79. The number of methoxy groups -OCH3 is 1. The Morgan fingerprint density at radius 1 is 1.16 bits per heavy atom. The second kappa shape index (κ2) is 7.61. The van der Waals surface area contributed by atoms with Gasteiger partial charge in [-0.25, -0.2) is 0 Å². The lowest BCUT2D eigenvalue weighted by atomic mass is 9.55. The first-order valence-electron chi connectivity index (χ1n) is 8.17. The van der Waals surface area contributed by atoms with Crippen LogP contribution in [0.3, 0.4) is 0 Å². The van der Waals surface area contributed by atoms with E-state index in [0.29, 0.717) is 17.6 Å². The predicted octanol–water partition coefficient (Wildman–Crippen LogP) is 3.13. The van der Waals surface area contributed by atoms with Gasteiger partial charge >= 0.3 is 0 Å². The van der Waals surface area contributed by atoms with Crippen LogP contribution in [0.25, 0.3) is 0 Å². The zero-order valence-corrected chi connectivity index (χ0v) is 12.7. The Bertz CT molecular complexity index is 251. The summed E-state index contributed by atoms with van der Waals surface area (Å²) in [7, 11) is 1.78. The van der Waals surface area contributed by atoms with Gasteiger partial charge in [0.1, 0.15) is 0 Å². The molecule has 3 heteroatoms. The van der Waals surface area contributed by atoms with Crippen molar-refractivity contribution in [1.82, 2.24) is 5.32 Å². The fourth-order valence-corrected chi connectivity index (χ4v) is 4.00. The Morgan fingerprint density at radius 3 is 2.63 bits per heavy atom. The molecule has 112 valence electrons. The lowest BCUT2D eigenvalue weighted by Gasteiger charge is -2.58. The van der Waals surface area contributed by atoms with Crippen molar-refractivity contribution in [3.8, 4) is 0 Å². The van der Waals surface area contributed by atoms with E-state index in [9.17, 15) is 0 Å². The van der Waals surface area contributed by atoms with Crippen molar-refractivity contribution in [1.29, 1.82) is 0 Å². The average molecular weight is 269 g/mol. The van der Waals surface area contributed by atoms with Gasteiger partial charge in [0.2, 0.25) is 0 Å². The Balaban J connectivity index is 1.76. The van der Waals surface area contributed by atoms with Crippen molar-refractivity contribution >= 4 is 0 Å². The van der Waals surface area contributed by atoms with Gasteiger partial charge in [0.15, 0.2) is 0 Å². The van der Waals surface area contributed by atoms with Crippen molar-refractivity contribution in [3.63, 3.8) is 0 Å². The topological polar surface area (TPSA) is 30.5 Å². The van der Waals surface area contributed by atoms with Crippen LogP contribution in [0.1, 0.15) is 58.3 Å². The third-order valence-electron chi connectivity index (χ3n) is 5.10. The minimum atomic E-state index is 0.468. The maximum absolute atomic E-state index is 5.99. The Labute approximate surface area is 118 Å². The number of unbranched alkanes of at least 4 members (excludes halogenated alkanes) is 1. The van der Waals surface area contributed by atoms with Gasteiger partial charge in [0.25, 0.3) is 0 Å². The molecule has 2 atom stereocenters. The molecule has 2 aliphatic carbocycles. The third-order valence-corrected chi connectivity index (χ3v) is 5.10. The van der Waals surface area contributed by atoms with E-state index in [1.54, 1.807) is 7.11 Å². The third kappa shape index (κ3) is 3.50. The minimum Gasteiger partial charge on any atom is -0.385 e. The van der Waals surface area contributed by atoms with Gasteiger partial charge in [-0.15, -0.1) is 0 Å². The largest absolute Gasteiger partial charge is 0.385 e. The Morgan fingerprint density at radius 2 is 1.95 bits per heavy atom. The van der Waals surface area contributed by atoms with Crippen molar-refractivity contribution in [2.45, 2.75) is 70.4 Å². The first-order chi connectivity index (χ1) is 9.33. The zero-order valence-electron chi connectivity index (χ0n) is 12.7. The van der Waals surface area contributed by atoms with Crippen LogP contribution in [0.4, 0.5) is 0 Å².